The zero-order chi connectivity index (χ0) is 15.1. The van der Waals surface area contributed by atoms with Crippen molar-refractivity contribution in [2.45, 2.75) is 20.0 Å². The molecule has 0 unspecified atom stereocenters. The summed E-state index contributed by atoms with van der Waals surface area (Å²) in [5.41, 5.74) is 3.86. The van der Waals surface area contributed by atoms with Crippen LogP contribution in [0.4, 0.5) is 0 Å². The fourth-order valence-corrected chi connectivity index (χ4v) is 1.64. The molecule has 0 aliphatic heterocycles. The Bertz CT molecular complexity index is 607. The van der Waals surface area contributed by atoms with Crippen molar-refractivity contribution in [1.82, 2.24) is 10.4 Å². The van der Waals surface area contributed by atoms with Gasteiger partial charge in [0.2, 0.25) is 0 Å². The van der Waals surface area contributed by atoms with E-state index in [0.717, 1.165) is 11.3 Å². The first-order valence-electron chi connectivity index (χ1n) is 6.65. The van der Waals surface area contributed by atoms with E-state index in [4.69, 9.17) is 4.74 Å². The second kappa shape index (κ2) is 7.19. The molecule has 1 heterocycles. The highest BCUT2D eigenvalue weighted by Gasteiger charge is 2.02. The van der Waals surface area contributed by atoms with Crippen LogP contribution in [0.1, 0.15) is 29.8 Å². The fourth-order valence-electron chi connectivity index (χ4n) is 1.64. The molecule has 0 saturated carbocycles. The number of carbonyl (C=O) groups is 1. The molecule has 0 atom stereocenters. The van der Waals surface area contributed by atoms with Crippen LogP contribution in [0.15, 0.2) is 53.9 Å². The third-order valence-electron chi connectivity index (χ3n) is 2.57. The number of hydrogen-bond donors (Lipinski definition) is 1. The summed E-state index contributed by atoms with van der Waals surface area (Å²) in [6.45, 7) is 3.95. The Morgan fingerprint density at radius 1 is 1.19 bits per heavy atom. The van der Waals surface area contributed by atoms with Gasteiger partial charge in [-0.05, 0) is 55.8 Å². The largest absolute Gasteiger partial charge is 0.491 e. The van der Waals surface area contributed by atoms with E-state index >= 15 is 0 Å². The van der Waals surface area contributed by atoms with E-state index in [0.29, 0.717) is 5.56 Å². The van der Waals surface area contributed by atoms with Crippen LogP contribution >= 0.6 is 0 Å². The number of carbonyl (C=O) groups excluding carboxylic acids is 1. The number of amides is 1. The Labute approximate surface area is 123 Å². The van der Waals surface area contributed by atoms with Gasteiger partial charge in [-0.15, -0.1) is 0 Å². The number of ether oxygens (including phenoxy) is 1. The van der Waals surface area contributed by atoms with Crippen molar-refractivity contribution in [3.8, 4) is 5.75 Å². The average Bonchev–Trinajstić information content (AvgIpc) is 2.49. The van der Waals surface area contributed by atoms with E-state index < -0.39 is 0 Å². The number of nitrogens with one attached hydrogen (secondary N) is 1. The normalized spacial score (nSPS) is 10.8. The van der Waals surface area contributed by atoms with E-state index in [1.807, 2.05) is 38.1 Å². The van der Waals surface area contributed by atoms with Crippen LogP contribution in [0, 0.1) is 0 Å². The Morgan fingerprint density at radius 3 is 2.48 bits per heavy atom. The predicted octanol–water partition coefficient (Wildman–Crippen LogP) is 2.63. The van der Waals surface area contributed by atoms with Gasteiger partial charge in [-0.1, -0.05) is 0 Å². The molecule has 2 aromatic rings. The number of aromatic nitrogens is 1. The lowest BCUT2D eigenvalue weighted by Crippen LogP contribution is -2.17. The van der Waals surface area contributed by atoms with Gasteiger partial charge in [-0.2, -0.15) is 5.10 Å². The molecule has 1 aromatic carbocycles. The number of rotatable bonds is 5. The lowest BCUT2D eigenvalue weighted by molar-refractivity contribution is 0.0955. The molecule has 5 heteroatoms. The summed E-state index contributed by atoms with van der Waals surface area (Å²) in [4.78, 5) is 15.6. The molecule has 21 heavy (non-hydrogen) atoms. The van der Waals surface area contributed by atoms with Crippen LogP contribution < -0.4 is 10.2 Å². The highest BCUT2D eigenvalue weighted by Crippen LogP contribution is 2.12. The summed E-state index contributed by atoms with van der Waals surface area (Å²) in [5, 5.41) is 3.92. The lowest BCUT2D eigenvalue weighted by atomic mass is 10.2. The van der Waals surface area contributed by atoms with Gasteiger partial charge < -0.3 is 4.74 Å². The molecule has 2 rings (SSSR count). The van der Waals surface area contributed by atoms with Gasteiger partial charge in [-0.25, -0.2) is 5.43 Å². The standard InChI is InChI=1S/C16H17N3O2/c1-12(2)21-15-5-3-13(4-6-15)11-18-19-16(20)14-7-9-17-10-8-14/h3-12H,1-2H3,(H,19,20). The third kappa shape index (κ3) is 4.72. The van der Waals surface area contributed by atoms with Crippen molar-refractivity contribution in [3.63, 3.8) is 0 Å². The second-order valence-corrected chi connectivity index (χ2v) is 4.67. The molecule has 0 spiro atoms. The van der Waals surface area contributed by atoms with E-state index in [1.165, 1.54) is 0 Å². The number of hydrogen-bond acceptors (Lipinski definition) is 4. The van der Waals surface area contributed by atoms with Crippen molar-refractivity contribution in [1.29, 1.82) is 0 Å². The van der Waals surface area contributed by atoms with E-state index in [-0.39, 0.29) is 12.0 Å². The molecular formula is C16H17N3O2. The molecule has 1 amide bonds. The van der Waals surface area contributed by atoms with Crippen molar-refractivity contribution >= 4 is 12.1 Å². The van der Waals surface area contributed by atoms with E-state index in [1.54, 1.807) is 30.7 Å². The summed E-state index contributed by atoms with van der Waals surface area (Å²) in [7, 11) is 0. The Balaban J connectivity index is 1.91. The van der Waals surface area contributed by atoms with Gasteiger partial charge in [0.1, 0.15) is 5.75 Å². The van der Waals surface area contributed by atoms with Gasteiger partial charge in [0.15, 0.2) is 0 Å². The second-order valence-electron chi connectivity index (χ2n) is 4.67. The van der Waals surface area contributed by atoms with Crippen LogP contribution in [0.2, 0.25) is 0 Å². The maximum atomic E-state index is 11.7. The van der Waals surface area contributed by atoms with Crippen LogP contribution in [-0.4, -0.2) is 23.2 Å². The van der Waals surface area contributed by atoms with Gasteiger partial charge in [0, 0.05) is 18.0 Å². The highest BCUT2D eigenvalue weighted by atomic mass is 16.5. The number of nitrogens with zero attached hydrogens (tertiary/aromatic N) is 2. The summed E-state index contributed by atoms with van der Waals surface area (Å²) >= 11 is 0. The molecule has 0 bridgehead atoms. The molecule has 0 aliphatic carbocycles. The molecule has 0 aliphatic rings. The van der Waals surface area contributed by atoms with Gasteiger partial charge in [-0.3, -0.25) is 9.78 Å². The molecule has 0 radical (unpaired) electrons. The predicted molar refractivity (Wildman–Crippen MR) is 81.5 cm³/mol. The van der Waals surface area contributed by atoms with Gasteiger partial charge in [0.05, 0.1) is 12.3 Å². The highest BCUT2D eigenvalue weighted by molar-refractivity contribution is 5.94. The summed E-state index contributed by atoms with van der Waals surface area (Å²) in [6, 6.07) is 10.7. The Morgan fingerprint density at radius 2 is 1.86 bits per heavy atom. The molecule has 108 valence electrons. The Hall–Kier alpha value is -2.69. The molecule has 1 N–H and O–H groups in total. The van der Waals surface area contributed by atoms with Crippen molar-refractivity contribution in [2.75, 3.05) is 0 Å². The monoisotopic (exact) mass is 283 g/mol. The van der Waals surface area contributed by atoms with Crippen LogP contribution in [0.5, 0.6) is 5.75 Å². The summed E-state index contributed by atoms with van der Waals surface area (Å²) in [6.07, 6.45) is 4.85. The first-order chi connectivity index (χ1) is 10.1. The summed E-state index contributed by atoms with van der Waals surface area (Å²) < 4.78 is 5.55. The minimum Gasteiger partial charge on any atom is -0.491 e. The SMILES string of the molecule is CC(C)Oc1ccc(C=NNC(=O)c2ccncc2)cc1. The third-order valence-corrected chi connectivity index (χ3v) is 2.57. The quantitative estimate of drug-likeness (QED) is 0.677. The van der Waals surface area contributed by atoms with Crippen molar-refractivity contribution < 1.29 is 9.53 Å². The number of benzene rings is 1. The maximum Gasteiger partial charge on any atom is 0.271 e. The van der Waals surface area contributed by atoms with Crippen molar-refractivity contribution in [3.05, 3.63) is 59.9 Å². The number of pyridine rings is 1. The van der Waals surface area contributed by atoms with Gasteiger partial charge in [0.25, 0.3) is 5.91 Å². The molecular weight excluding hydrogens is 266 g/mol. The summed E-state index contributed by atoms with van der Waals surface area (Å²) in [5.74, 6) is 0.538. The van der Waals surface area contributed by atoms with Crippen LogP contribution in [0.25, 0.3) is 0 Å². The minimum absolute atomic E-state index is 0.143. The molecule has 5 nitrogen and oxygen atoms in total. The molecule has 1 aromatic heterocycles. The Kier molecular flexibility index (Phi) is 5.04. The van der Waals surface area contributed by atoms with Crippen LogP contribution in [0.3, 0.4) is 0 Å². The maximum absolute atomic E-state index is 11.7. The number of hydrazone groups is 1. The van der Waals surface area contributed by atoms with Gasteiger partial charge >= 0.3 is 0 Å². The fraction of sp³-hybridized carbons (Fsp3) is 0.188. The zero-order valence-corrected chi connectivity index (χ0v) is 12.0. The van der Waals surface area contributed by atoms with Crippen molar-refractivity contribution in [2.24, 2.45) is 5.10 Å². The minimum atomic E-state index is -0.270. The molecule has 0 fully saturated rings. The zero-order valence-electron chi connectivity index (χ0n) is 12.0. The first kappa shape index (κ1) is 14.7. The topological polar surface area (TPSA) is 63.6 Å². The smallest absolute Gasteiger partial charge is 0.271 e. The average molecular weight is 283 g/mol. The van der Waals surface area contributed by atoms with E-state index in [9.17, 15) is 4.79 Å². The lowest BCUT2D eigenvalue weighted by Gasteiger charge is -2.09. The van der Waals surface area contributed by atoms with E-state index in [2.05, 4.69) is 15.5 Å². The molecule has 0 saturated heterocycles. The van der Waals surface area contributed by atoms with Crippen LogP contribution in [-0.2, 0) is 0 Å². The first-order valence-corrected chi connectivity index (χ1v) is 6.65.